The van der Waals surface area contributed by atoms with Crippen LogP contribution in [0.4, 0.5) is 11.4 Å². The van der Waals surface area contributed by atoms with E-state index in [0.717, 1.165) is 5.69 Å². The largest absolute Gasteiger partial charge is 0.393 e. The van der Waals surface area contributed by atoms with Gasteiger partial charge in [0.25, 0.3) is 5.69 Å². The number of rotatable bonds is 6. The Kier molecular flexibility index (Phi) is 5.71. The van der Waals surface area contributed by atoms with E-state index in [9.17, 15) is 20.0 Å². The maximum absolute atomic E-state index is 12.0. The Morgan fingerprint density at radius 2 is 1.95 bits per heavy atom. The first kappa shape index (κ1) is 16.2. The number of nitrogens with zero attached hydrogens (tertiary/aromatic N) is 2. The molecule has 0 saturated carbocycles. The van der Waals surface area contributed by atoms with E-state index in [2.05, 4.69) is 5.32 Å². The molecular weight excluding hydrogens is 286 g/mol. The number of aliphatic hydroxyl groups excluding tert-OH is 1. The van der Waals surface area contributed by atoms with Crippen LogP contribution in [-0.4, -0.2) is 46.6 Å². The molecule has 1 aromatic carbocycles. The van der Waals surface area contributed by atoms with Crippen LogP contribution in [0.25, 0.3) is 0 Å². The highest BCUT2D eigenvalue weighted by atomic mass is 16.6. The summed E-state index contributed by atoms with van der Waals surface area (Å²) in [7, 11) is 0. The van der Waals surface area contributed by atoms with Crippen LogP contribution in [0.2, 0.25) is 0 Å². The summed E-state index contributed by atoms with van der Waals surface area (Å²) >= 11 is 0. The third-order valence-electron chi connectivity index (χ3n) is 3.79. The highest BCUT2D eigenvalue weighted by Gasteiger charge is 2.20. The smallest absolute Gasteiger partial charge is 0.269 e. The second-order valence-corrected chi connectivity index (χ2v) is 5.45. The number of anilines is 1. The Hall–Kier alpha value is -2.15. The van der Waals surface area contributed by atoms with Crippen molar-refractivity contribution in [1.29, 1.82) is 0 Å². The zero-order valence-corrected chi connectivity index (χ0v) is 12.4. The molecule has 0 radical (unpaired) electrons. The molecule has 22 heavy (non-hydrogen) atoms. The standard InChI is InChI=1S/C15H21N3O4/c19-14-7-10-17(11-8-14)15(20)2-1-9-16-12-3-5-13(6-4-12)18(21)22/h3-6,14,16,19H,1-2,7-11H2. The van der Waals surface area contributed by atoms with Crippen molar-refractivity contribution in [2.24, 2.45) is 0 Å². The summed E-state index contributed by atoms with van der Waals surface area (Å²) in [5, 5.41) is 23.1. The minimum atomic E-state index is -0.433. The SMILES string of the molecule is O=C(CCCNc1ccc([N+](=O)[O-])cc1)N1CCC(O)CC1. The Bertz CT molecular complexity index is 510. The first-order valence-electron chi connectivity index (χ1n) is 7.50. The average Bonchev–Trinajstić information content (AvgIpc) is 2.52. The number of piperidine rings is 1. The monoisotopic (exact) mass is 307 g/mol. The van der Waals surface area contributed by atoms with Gasteiger partial charge < -0.3 is 15.3 Å². The molecule has 2 N–H and O–H groups in total. The van der Waals surface area contributed by atoms with E-state index in [0.29, 0.717) is 45.3 Å². The van der Waals surface area contributed by atoms with E-state index in [4.69, 9.17) is 0 Å². The van der Waals surface area contributed by atoms with Gasteiger partial charge in [-0.15, -0.1) is 0 Å². The van der Waals surface area contributed by atoms with Gasteiger partial charge in [-0.3, -0.25) is 14.9 Å². The van der Waals surface area contributed by atoms with Crippen LogP contribution in [0.1, 0.15) is 25.7 Å². The molecule has 0 aromatic heterocycles. The summed E-state index contributed by atoms with van der Waals surface area (Å²) in [6.07, 6.45) is 2.22. The number of non-ortho nitro benzene ring substituents is 1. The van der Waals surface area contributed by atoms with Crippen molar-refractivity contribution in [1.82, 2.24) is 4.90 Å². The summed E-state index contributed by atoms with van der Waals surface area (Å²) in [6, 6.07) is 6.22. The minimum Gasteiger partial charge on any atom is -0.393 e. The average molecular weight is 307 g/mol. The van der Waals surface area contributed by atoms with Crippen molar-refractivity contribution in [3.8, 4) is 0 Å². The second kappa shape index (κ2) is 7.74. The number of aliphatic hydroxyl groups is 1. The number of nitro benzene ring substituents is 1. The molecule has 1 aliphatic rings. The van der Waals surface area contributed by atoms with Crippen molar-refractivity contribution in [3.63, 3.8) is 0 Å². The maximum Gasteiger partial charge on any atom is 0.269 e. The fourth-order valence-corrected chi connectivity index (χ4v) is 2.45. The van der Waals surface area contributed by atoms with Crippen LogP contribution in [-0.2, 0) is 4.79 Å². The molecule has 120 valence electrons. The van der Waals surface area contributed by atoms with Crippen LogP contribution in [0, 0.1) is 10.1 Å². The first-order valence-corrected chi connectivity index (χ1v) is 7.50. The number of nitrogens with one attached hydrogen (secondary N) is 1. The molecule has 0 unspecified atom stereocenters. The third-order valence-corrected chi connectivity index (χ3v) is 3.79. The zero-order chi connectivity index (χ0) is 15.9. The predicted octanol–water partition coefficient (Wildman–Crippen LogP) is 1.77. The van der Waals surface area contributed by atoms with Crippen molar-refractivity contribution in [3.05, 3.63) is 34.4 Å². The fourth-order valence-electron chi connectivity index (χ4n) is 2.45. The highest BCUT2D eigenvalue weighted by Crippen LogP contribution is 2.16. The molecule has 1 saturated heterocycles. The molecule has 1 aromatic rings. The number of benzene rings is 1. The number of likely N-dealkylation sites (tertiary alicyclic amines) is 1. The first-order chi connectivity index (χ1) is 10.6. The number of hydrogen-bond acceptors (Lipinski definition) is 5. The summed E-state index contributed by atoms with van der Waals surface area (Å²) < 4.78 is 0. The summed E-state index contributed by atoms with van der Waals surface area (Å²) in [6.45, 7) is 1.91. The van der Waals surface area contributed by atoms with Gasteiger partial charge in [0.15, 0.2) is 0 Å². The number of nitro groups is 1. The van der Waals surface area contributed by atoms with Crippen molar-refractivity contribution < 1.29 is 14.8 Å². The van der Waals surface area contributed by atoms with E-state index < -0.39 is 4.92 Å². The maximum atomic E-state index is 12.0. The molecule has 2 rings (SSSR count). The van der Waals surface area contributed by atoms with Gasteiger partial charge in [0.1, 0.15) is 0 Å². The molecule has 1 heterocycles. The van der Waals surface area contributed by atoms with Gasteiger partial charge in [0.05, 0.1) is 11.0 Å². The molecule has 0 bridgehead atoms. The third kappa shape index (κ3) is 4.70. The van der Waals surface area contributed by atoms with Gasteiger partial charge in [-0.05, 0) is 31.4 Å². The number of amides is 1. The van der Waals surface area contributed by atoms with Crippen LogP contribution < -0.4 is 5.32 Å². The summed E-state index contributed by atoms with van der Waals surface area (Å²) in [5.74, 6) is 0.123. The molecule has 0 aliphatic carbocycles. The normalized spacial score (nSPS) is 15.6. The van der Waals surface area contributed by atoms with Gasteiger partial charge in [0, 0.05) is 43.9 Å². The quantitative estimate of drug-likeness (QED) is 0.474. The lowest BCUT2D eigenvalue weighted by molar-refractivity contribution is -0.384. The molecule has 7 heteroatoms. The topological polar surface area (TPSA) is 95.7 Å². The lowest BCUT2D eigenvalue weighted by Gasteiger charge is -2.29. The van der Waals surface area contributed by atoms with Gasteiger partial charge >= 0.3 is 0 Å². The molecule has 7 nitrogen and oxygen atoms in total. The number of hydrogen-bond donors (Lipinski definition) is 2. The summed E-state index contributed by atoms with van der Waals surface area (Å²) in [5.41, 5.74) is 0.868. The van der Waals surface area contributed by atoms with Gasteiger partial charge in [0.2, 0.25) is 5.91 Å². The van der Waals surface area contributed by atoms with Crippen molar-refractivity contribution >= 4 is 17.3 Å². The van der Waals surface area contributed by atoms with Crippen LogP contribution in [0.3, 0.4) is 0 Å². The van der Waals surface area contributed by atoms with E-state index in [1.807, 2.05) is 0 Å². The lowest BCUT2D eigenvalue weighted by atomic mass is 10.1. The minimum absolute atomic E-state index is 0.0630. The van der Waals surface area contributed by atoms with Crippen molar-refractivity contribution in [2.75, 3.05) is 25.0 Å². The molecule has 0 atom stereocenters. The molecule has 0 spiro atoms. The van der Waals surface area contributed by atoms with Gasteiger partial charge in [-0.2, -0.15) is 0 Å². The van der Waals surface area contributed by atoms with Crippen LogP contribution >= 0.6 is 0 Å². The van der Waals surface area contributed by atoms with E-state index >= 15 is 0 Å². The molecular formula is C15H21N3O4. The van der Waals surface area contributed by atoms with Crippen LogP contribution in [0.5, 0.6) is 0 Å². The van der Waals surface area contributed by atoms with E-state index in [1.54, 1.807) is 17.0 Å². The number of carbonyl (C=O) groups is 1. The number of carbonyl (C=O) groups excluding carboxylic acids is 1. The molecule has 1 fully saturated rings. The molecule has 1 aliphatic heterocycles. The highest BCUT2D eigenvalue weighted by molar-refractivity contribution is 5.76. The Balaban J connectivity index is 1.66. The van der Waals surface area contributed by atoms with Gasteiger partial charge in [-0.1, -0.05) is 0 Å². The summed E-state index contributed by atoms with van der Waals surface area (Å²) in [4.78, 5) is 23.9. The Morgan fingerprint density at radius 3 is 2.55 bits per heavy atom. The fraction of sp³-hybridized carbons (Fsp3) is 0.533. The van der Waals surface area contributed by atoms with Crippen molar-refractivity contribution in [2.45, 2.75) is 31.8 Å². The van der Waals surface area contributed by atoms with E-state index in [1.165, 1.54) is 12.1 Å². The zero-order valence-electron chi connectivity index (χ0n) is 12.4. The Morgan fingerprint density at radius 1 is 1.32 bits per heavy atom. The van der Waals surface area contributed by atoms with Gasteiger partial charge in [-0.25, -0.2) is 0 Å². The molecule has 1 amide bonds. The second-order valence-electron chi connectivity index (χ2n) is 5.45. The van der Waals surface area contributed by atoms with E-state index in [-0.39, 0.29) is 17.7 Å². The lowest BCUT2D eigenvalue weighted by Crippen LogP contribution is -2.40. The Labute approximate surface area is 129 Å². The predicted molar refractivity (Wildman–Crippen MR) is 82.6 cm³/mol. The van der Waals surface area contributed by atoms with Crippen LogP contribution in [0.15, 0.2) is 24.3 Å².